The second-order valence-corrected chi connectivity index (χ2v) is 9.13. The minimum Gasteiger partial charge on any atom is -0.492 e. The van der Waals surface area contributed by atoms with Crippen molar-refractivity contribution in [1.82, 2.24) is 15.5 Å². The number of aromatic nitrogens is 2. The third-order valence-electron chi connectivity index (χ3n) is 4.87. The topological polar surface area (TPSA) is 76.1 Å². The Morgan fingerprint density at radius 1 is 1.20 bits per heavy atom. The summed E-state index contributed by atoms with van der Waals surface area (Å²) in [7, 11) is 0. The van der Waals surface area contributed by atoms with Gasteiger partial charge in [0.2, 0.25) is 11.0 Å². The van der Waals surface area contributed by atoms with Gasteiger partial charge in [-0.15, -0.1) is 10.2 Å². The van der Waals surface area contributed by atoms with E-state index >= 15 is 0 Å². The Hall–Kier alpha value is -2.58. The molecule has 2 aromatic carbocycles. The van der Waals surface area contributed by atoms with Crippen molar-refractivity contribution < 1.29 is 9.53 Å². The molecule has 0 saturated carbocycles. The van der Waals surface area contributed by atoms with E-state index < -0.39 is 0 Å². The number of rotatable bonds is 8. The fraction of sp³-hybridized carbons (Fsp3) is 0.318. The fourth-order valence-corrected chi connectivity index (χ4v) is 5.13. The SMILES string of the molecule is CCOc1ccccc1Nc1nnc(SCC(=O)NC2CCCc3ccccc32)s1. The summed E-state index contributed by atoms with van der Waals surface area (Å²) in [6, 6.07) is 16.2. The molecule has 30 heavy (non-hydrogen) atoms. The first kappa shape index (κ1) is 20.7. The molecule has 4 rings (SSSR count). The summed E-state index contributed by atoms with van der Waals surface area (Å²) in [5.74, 6) is 1.12. The van der Waals surface area contributed by atoms with E-state index in [0.29, 0.717) is 17.5 Å². The average molecular weight is 441 g/mol. The smallest absolute Gasteiger partial charge is 0.230 e. The van der Waals surface area contributed by atoms with Crippen LogP contribution in [0, 0.1) is 0 Å². The lowest BCUT2D eigenvalue weighted by atomic mass is 9.88. The molecule has 1 aliphatic carbocycles. The number of benzene rings is 2. The highest BCUT2D eigenvalue weighted by Crippen LogP contribution is 2.32. The second-order valence-electron chi connectivity index (χ2n) is 6.93. The molecule has 1 heterocycles. The highest BCUT2D eigenvalue weighted by molar-refractivity contribution is 8.01. The van der Waals surface area contributed by atoms with Crippen molar-refractivity contribution in [2.24, 2.45) is 0 Å². The number of para-hydroxylation sites is 2. The van der Waals surface area contributed by atoms with Crippen molar-refractivity contribution in [3.05, 3.63) is 59.7 Å². The van der Waals surface area contributed by atoms with E-state index in [-0.39, 0.29) is 11.9 Å². The molecule has 1 aliphatic rings. The molecule has 0 spiro atoms. The number of aryl methyl sites for hydroxylation is 1. The van der Waals surface area contributed by atoms with Crippen molar-refractivity contribution in [2.75, 3.05) is 17.7 Å². The van der Waals surface area contributed by atoms with Crippen LogP contribution in [0.15, 0.2) is 52.9 Å². The van der Waals surface area contributed by atoms with Gasteiger partial charge in [-0.2, -0.15) is 0 Å². The van der Waals surface area contributed by atoms with Crippen LogP contribution in [-0.4, -0.2) is 28.5 Å². The van der Waals surface area contributed by atoms with E-state index in [9.17, 15) is 4.79 Å². The minimum absolute atomic E-state index is 0.0214. The van der Waals surface area contributed by atoms with Crippen LogP contribution in [0.4, 0.5) is 10.8 Å². The summed E-state index contributed by atoms with van der Waals surface area (Å²) in [6.45, 7) is 2.55. The molecule has 0 fully saturated rings. The van der Waals surface area contributed by atoms with Crippen LogP contribution < -0.4 is 15.4 Å². The molecule has 2 N–H and O–H groups in total. The van der Waals surface area contributed by atoms with Crippen molar-refractivity contribution in [2.45, 2.75) is 36.6 Å². The number of nitrogens with zero attached hydrogens (tertiary/aromatic N) is 2. The Bertz CT molecular complexity index is 1010. The molecule has 1 aromatic heterocycles. The number of anilines is 2. The lowest BCUT2D eigenvalue weighted by Crippen LogP contribution is -2.32. The van der Waals surface area contributed by atoms with Gasteiger partial charge in [0.15, 0.2) is 4.34 Å². The fourth-order valence-electron chi connectivity index (χ4n) is 3.55. The van der Waals surface area contributed by atoms with Gasteiger partial charge in [-0.1, -0.05) is 59.5 Å². The zero-order valence-corrected chi connectivity index (χ0v) is 18.4. The molecule has 1 unspecified atom stereocenters. The number of carbonyl (C=O) groups is 1. The molecule has 3 aromatic rings. The number of hydrogen-bond acceptors (Lipinski definition) is 7. The van der Waals surface area contributed by atoms with Gasteiger partial charge in [0, 0.05) is 0 Å². The maximum atomic E-state index is 12.5. The van der Waals surface area contributed by atoms with Gasteiger partial charge in [-0.05, 0) is 49.4 Å². The third kappa shape index (κ3) is 5.12. The van der Waals surface area contributed by atoms with Gasteiger partial charge in [-0.3, -0.25) is 4.79 Å². The van der Waals surface area contributed by atoms with Crippen LogP contribution in [0.25, 0.3) is 0 Å². The second kappa shape index (κ2) is 9.95. The van der Waals surface area contributed by atoms with Gasteiger partial charge in [0.25, 0.3) is 0 Å². The molecule has 156 valence electrons. The molecule has 0 radical (unpaired) electrons. The normalized spacial score (nSPS) is 15.3. The van der Waals surface area contributed by atoms with Crippen molar-refractivity contribution in [1.29, 1.82) is 0 Å². The van der Waals surface area contributed by atoms with Crippen molar-refractivity contribution >= 4 is 39.8 Å². The Kier molecular flexibility index (Phi) is 6.86. The monoisotopic (exact) mass is 440 g/mol. The first-order chi connectivity index (χ1) is 14.7. The van der Waals surface area contributed by atoms with Crippen LogP contribution in [0.2, 0.25) is 0 Å². The molecule has 6 nitrogen and oxygen atoms in total. The van der Waals surface area contributed by atoms with E-state index in [0.717, 1.165) is 35.0 Å². The first-order valence-corrected chi connectivity index (χ1v) is 11.9. The van der Waals surface area contributed by atoms with Crippen LogP contribution in [-0.2, 0) is 11.2 Å². The number of hydrogen-bond donors (Lipinski definition) is 2. The third-order valence-corrected chi connectivity index (χ3v) is 6.84. The largest absolute Gasteiger partial charge is 0.492 e. The van der Waals surface area contributed by atoms with E-state index in [2.05, 4.69) is 39.0 Å². The lowest BCUT2D eigenvalue weighted by Gasteiger charge is -2.26. The minimum atomic E-state index is 0.0214. The molecule has 8 heteroatoms. The van der Waals surface area contributed by atoms with Crippen LogP contribution in [0.1, 0.15) is 36.9 Å². The van der Waals surface area contributed by atoms with Gasteiger partial charge in [-0.25, -0.2) is 0 Å². The Balaban J connectivity index is 1.31. The summed E-state index contributed by atoms with van der Waals surface area (Å²) in [6.07, 6.45) is 3.17. The quantitative estimate of drug-likeness (QED) is 0.482. The van der Waals surface area contributed by atoms with Crippen LogP contribution in [0.3, 0.4) is 0 Å². The number of nitrogens with one attached hydrogen (secondary N) is 2. The Morgan fingerprint density at radius 2 is 2.03 bits per heavy atom. The molecule has 1 amide bonds. The maximum Gasteiger partial charge on any atom is 0.230 e. The predicted molar refractivity (Wildman–Crippen MR) is 122 cm³/mol. The number of carbonyl (C=O) groups excluding carboxylic acids is 1. The van der Waals surface area contributed by atoms with Gasteiger partial charge in [0.05, 0.1) is 24.1 Å². The standard InChI is InChI=1S/C22H24N4O2S2/c1-2-28-19-13-6-5-11-18(19)24-21-25-26-22(30-21)29-14-20(27)23-17-12-7-9-15-8-3-4-10-16(15)17/h3-6,8,10-11,13,17H,2,7,9,12,14H2,1H3,(H,23,27)(H,24,25). The number of fused-ring (bicyclic) bond motifs is 1. The molecular formula is C22H24N4O2S2. The highest BCUT2D eigenvalue weighted by atomic mass is 32.2. The number of thioether (sulfide) groups is 1. The summed E-state index contributed by atoms with van der Waals surface area (Å²) in [4.78, 5) is 12.5. The summed E-state index contributed by atoms with van der Waals surface area (Å²) in [5, 5.41) is 15.5. The average Bonchev–Trinajstić information content (AvgIpc) is 3.22. The van der Waals surface area contributed by atoms with E-state index in [4.69, 9.17) is 4.74 Å². The lowest BCUT2D eigenvalue weighted by molar-refractivity contribution is -0.119. The van der Waals surface area contributed by atoms with Crippen LogP contribution >= 0.6 is 23.1 Å². The Labute approximate surface area is 184 Å². The highest BCUT2D eigenvalue weighted by Gasteiger charge is 2.21. The van der Waals surface area contributed by atoms with Gasteiger partial charge in [0.1, 0.15) is 5.75 Å². The van der Waals surface area contributed by atoms with Gasteiger partial charge >= 0.3 is 0 Å². The number of amides is 1. The Morgan fingerprint density at radius 3 is 2.93 bits per heavy atom. The molecule has 1 atom stereocenters. The zero-order chi connectivity index (χ0) is 20.8. The van der Waals surface area contributed by atoms with E-state index in [1.807, 2.05) is 37.3 Å². The van der Waals surface area contributed by atoms with E-state index in [1.165, 1.54) is 34.2 Å². The molecule has 0 saturated heterocycles. The molecular weight excluding hydrogens is 416 g/mol. The van der Waals surface area contributed by atoms with Crippen LogP contribution in [0.5, 0.6) is 5.75 Å². The number of ether oxygens (including phenoxy) is 1. The first-order valence-electron chi connectivity index (χ1n) is 10.0. The zero-order valence-electron chi connectivity index (χ0n) is 16.8. The van der Waals surface area contributed by atoms with Gasteiger partial charge < -0.3 is 15.4 Å². The predicted octanol–water partition coefficient (Wildman–Crippen LogP) is 4.97. The van der Waals surface area contributed by atoms with Crippen molar-refractivity contribution in [3.8, 4) is 5.75 Å². The molecule has 0 bridgehead atoms. The summed E-state index contributed by atoms with van der Waals surface area (Å²) in [5.41, 5.74) is 3.44. The summed E-state index contributed by atoms with van der Waals surface area (Å²) < 4.78 is 6.38. The summed E-state index contributed by atoms with van der Waals surface area (Å²) >= 11 is 2.83. The molecule has 0 aliphatic heterocycles. The maximum absolute atomic E-state index is 12.5. The van der Waals surface area contributed by atoms with E-state index in [1.54, 1.807) is 0 Å². The van der Waals surface area contributed by atoms with Crippen molar-refractivity contribution in [3.63, 3.8) is 0 Å².